The molecule has 2 heterocycles. The van der Waals surface area contributed by atoms with Gasteiger partial charge in [-0.25, -0.2) is 4.90 Å². The topological polar surface area (TPSA) is 84.0 Å². The third-order valence-electron chi connectivity index (χ3n) is 8.60. The lowest BCUT2D eigenvalue weighted by molar-refractivity contribution is -0.139. The number of hydrogen-bond donors (Lipinski definition) is 0. The lowest BCUT2D eigenvalue weighted by Crippen LogP contribution is -2.37. The van der Waals surface area contributed by atoms with Gasteiger partial charge in [-0.05, 0) is 73.6 Å². The highest BCUT2D eigenvalue weighted by Crippen LogP contribution is 2.60. The number of anilines is 2. The molecule has 7 atom stereocenters. The van der Waals surface area contributed by atoms with Crippen LogP contribution in [0.3, 0.4) is 0 Å². The van der Waals surface area contributed by atoms with E-state index in [2.05, 4.69) is 31.9 Å². The number of imide groups is 1. The standard InChI is InChI=1S/C28H25Br2ClN2O5/c1-12-8-15(38-28(37)14-9-21(34)32(11-14)20-5-3-4-18(31)13(20)2)6-7-19(12)33-26(35)22-16-10-17(23(22)27(33)36)25(30)24(16)29/h3-8,14,16-17,22-25H,9-11H2,1-2H3/t14-,16-,17-,22-,23+,24+,25+/m1/s1. The van der Waals surface area contributed by atoms with Crippen LogP contribution in [0.1, 0.15) is 24.0 Å². The van der Waals surface area contributed by atoms with Crippen LogP contribution in [-0.2, 0) is 19.2 Å². The van der Waals surface area contributed by atoms with Crippen LogP contribution in [-0.4, -0.2) is 39.9 Å². The lowest BCUT2D eigenvalue weighted by atomic mass is 9.81. The van der Waals surface area contributed by atoms with E-state index < -0.39 is 11.9 Å². The summed E-state index contributed by atoms with van der Waals surface area (Å²) in [6.07, 6.45) is 0.922. The Morgan fingerprint density at radius 3 is 2.26 bits per heavy atom. The molecular weight excluding hydrogens is 640 g/mol. The number of ether oxygens (including phenoxy) is 1. The van der Waals surface area contributed by atoms with Crippen molar-refractivity contribution in [2.45, 2.75) is 36.3 Å². The van der Waals surface area contributed by atoms with E-state index in [9.17, 15) is 19.2 Å². The third kappa shape index (κ3) is 3.87. The van der Waals surface area contributed by atoms with Gasteiger partial charge in [0, 0.05) is 33.3 Å². The zero-order valence-electron chi connectivity index (χ0n) is 20.7. The molecule has 2 saturated heterocycles. The minimum atomic E-state index is -0.619. The summed E-state index contributed by atoms with van der Waals surface area (Å²) in [5, 5.41) is 0.558. The van der Waals surface area contributed by atoms with Gasteiger partial charge < -0.3 is 9.64 Å². The molecule has 38 heavy (non-hydrogen) atoms. The molecule has 4 aliphatic rings. The summed E-state index contributed by atoms with van der Waals surface area (Å²) in [4.78, 5) is 55.7. The molecule has 6 rings (SSSR count). The van der Waals surface area contributed by atoms with Crippen LogP contribution in [0, 0.1) is 43.4 Å². The molecule has 7 nitrogen and oxygen atoms in total. The predicted octanol–water partition coefficient (Wildman–Crippen LogP) is 5.20. The fraction of sp³-hybridized carbons (Fsp3) is 0.429. The molecule has 3 amide bonds. The maximum atomic E-state index is 13.4. The molecule has 4 fully saturated rings. The summed E-state index contributed by atoms with van der Waals surface area (Å²) in [5.74, 6) is -1.59. The first-order valence-corrected chi connectivity index (χ1v) is 14.8. The first kappa shape index (κ1) is 26.0. The molecule has 198 valence electrons. The lowest BCUT2D eigenvalue weighted by Gasteiger charge is -2.28. The van der Waals surface area contributed by atoms with Crippen LogP contribution >= 0.6 is 43.5 Å². The molecule has 10 heteroatoms. The van der Waals surface area contributed by atoms with E-state index in [4.69, 9.17) is 16.3 Å². The number of nitrogens with zero attached hydrogens (tertiary/aromatic N) is 2. The molecule has 0 aromatic heterocycles. The fourth-order valence-corrected chi connectivity index (χ4v) is 8.76. The number of esters is 1. The quantitative estimate of drug-likeness (QED) is 0.194. The highest BCUT2D eigenvalue weighted by Gasteiger charge is 2.66. The number of hydrogen-bond acceptors (Lipinski definition) is 5. The molecule has 0 spiro atoms. The van der Waals surface area contributed by atoms with Crippen molar-refractivity contribution in [3.05, 3.63) is 52.5 Å². The Kier molecular flexibility index (Phi) is 6.47. The maximum absolute atomic E-state index is 13.4. The molecular formula is C28H25Br2ClN2O5. The van der Waals surface area contributed by atoms with Gasteiger partial charge in [-0.1, -0.05) is 49.5 Å². The monoisotopic (exact) mass is 662 g/mol. The maximum Gasteiger partial charge on any atom is 0.316 e. The van der Waals surface area contributed by atoms with Gasteiger partial charge >= 0.3 is 5.97 Å². The van der Waals surface area contributed by atoms with Crippen molar-refractivity contribution in [1.29, 1.82) is 0 Å². The highest BCUT2D eigenvalue weighted by atomic mass is 79.9. The second-order valence-corrected chi connectivity index (χ2v) is 13.2. The Labute approximate surface area is 242 Å². The van der Waals surface area contributed by atoms with Gasteiger partial charge in [0.05, 0.1) is 23.4 Å². The van der Waals surface area contributed by atoms with Crippen LogP contribution in [0.25, 0.3) is 0 Å². The van der Waals surface area contributed by atoms with Crippen molar-refractivity contribution >= 4 is 78.5 Å². The average Bonchev–Trinajstić information content (AvgIpc) is 3.59. The van der Waals surface area contributed by atoms with Gasteiger partial charge in [-0.2, -0.15) is 0 Å². The number of aryl methyl sites for hydroxylation is 1. The predicted molar refractivity (Wildman–Crippen MR) is 150 cm³/mol. The van der Waals surface area contributed by atoms with E-state index in [1.165, 1.54) is 4.90 Å². The van der Waals surface area contributed by atoms with Crippen LogP contribution < -0.4 is 14.5 Å². The average molecular weight is 665 g/mol. The molecule has 0 radical (unpaired) electrons. The number of amides is 3. The van der Waals surface area contributed by atoms with Gasteiger partial charge in [0.1, 0.15) is 5.75 Å². The number of rotatable bonds is 4. The van der Waals surface area contributed by atoms with Gasteiger partial charge in [0.15, 0.2) is 0 Å². The number of halogens is 3. The van der Waals surface area contributed by atoms with Gasteiger partial charge in [-0.15, -0.1) is 0 Å². The molecule has 2 aromatic carbocycles. The minimum absolute atomic E-state index is 0.0485. The highest BCUT2D eigenvalue weighted by molar-refractivity contribution is 9.12. The third-order valence-corrected chi connectivity index (χ3v) is 12.2. The zero-order valence-corrected chi connectivity index (χ0v) is 24.6. The number of benzene rings is 2. The van der Waals surface area contributed by atoms with E-state index in [0.717, 1.165) is 12.0 Å². The normalized spacial score (nSPS) is 31.9. The first-order valence-electron chi connectivity index (χ1n) is 12.6. The summed E-state index contributed by atoms with van der Waals surface area (Å²) in [6.45, 7) is 3.84. The molecule has 2 aliphatic heterocycles. The molecule has 2 aromatic rings. The van der Waals surface area contributed by atoms with Crippen LogP contribution in [0.5, 0.6) is 5.75 Å². The van der Waals surface area contributed by atoms with E-state index in [1.54, 1.807) is 42.2 Å². The molecule has 2 aliphatic carbocycles. The Hall–Kier alpha value is -2.23. The summed E-state index contributed by atoms with van der Waals surface area (Å²) in [5.41, 5.74) is 2.65. The van der Waals surface area contributed by atoms with Crippen LogP contribution in [0.15, 0.2) is 36.4 Å². The van der Waals surface area contributed by atoms with E-state index in [1.807, 2.05) is 13.0 Å². The Bertz CT molecular complexity index is 1370. The van der Waals surface area contributed by atoms with Gasteiger partial charge in [0.25, 0.3) is 0 Å². The summed E-state index contributed by atoms with van der Waals surface area (Å²) in [7, 11) is 0. The second-order valence-electron chi connectivity index (χ2n) is 10.7. The second kappa shape index (κ2) is 9.45. The minimum Gasteiger partial charge on any atom is -0.426 e. The summed E-state index contributed by atoms with van der Waals surface area (Å²) >= 11 is 13.6. The Balaban J connectivity index is 1.17. The van der Waals surface area contributed by atoms with Crippen molar-refractivity contribution in [2.75, 3.05) is 16.3 Å². The molecule has 2 bridgehead atoms. The van der Waals surface area contributed by atoms with E-state index in [0.29, 0.717) is 27.7 Å². The van der Waals surface area contributed by atoms with Crippen molar-refractivity contribution in [3.63, 3.8) is 0 Å². The van der Waals surface area contributed by atoms with Crippen LogP contribution in [0.2, 0.25) is 5.02 Å². The van der Waals surface area contributed by atoms with Crippen molar-refractivity contribution in [1.82, 2.24) is 0 Å². The number of carbonyl (C=O) groups excluding carboxylic acids is 4. The number of fused-ring (bicyclic) bond motifs is 5. The molecule has 0 unspecified atom stereocenters. The smallest absolute Gasteiger partial charge is 0.316 e. The van der Waals surface area contributed by atoms with E-state index >= 15 is 0 Å². The largest absolute Gasteiger partial charge is 0.426 e. The summed E-state index contributed by atoms with van der Waals surface area (Å²) < 4.78 is 5.64. The molecule has 2 saturated carbocycles. The first-order chi connectivity index (χ1) is 18.1. The number of alkyl halides is 2. The Morgan fingerprint density at radius 1 is 0.974 bits per heavy atom. The number of carbonyl (C=O) groups is 4. The van der Waals surface area contributed by atoms with Gasteiger partial charge in [0.2, 0.25) is 17.7 Å². The fourth-order valence-electron chi connectivity index (χ4n) is 6.71. The zero-order chi connectivity index (χ0) is 27.0. The van der Waals surface area contributed by atoms with Gasteiger partial charge in [-0.3, -0.25) is 19.2 Å². The van der Waals surface area contributed by atoms with Crippen molar-refractivity contribution in [3.8, 4) is 5.75 Å². The van der Waals surface area contributed by atoms with Crippen molar-refractivity contribution < 1.29 is 23.9 Å². The Morgan fingerprint density at radius 2 is 1.63 bits per heavy atom. The van der Waals surface area contributed by atoms with Crippen molar-refractivity contribution in [2.24, 2.45) is 29.6 Å². The summed E-state index contributed by atoms with van der Waals surface area (Å²) in [6, 6.07) is 10.3. The molecule has 0 N–H and O–H groups in total. The van der Waals surface area contributed by atoms with Crippen LogP contribution in [0.4, 0.5) is 11.4 Å². The SMILES string of the molecule is Cc1cc(OC(=O)[C@@H]2CC(=O)N(c3cccc(Cl)c3C)C2)ccc1N1C(=O)[C@@H]2[C@H]3C[C@@H]([C@H](Br)[C@H]3Br)[C@@H]2C1=O. The van der Waals surface area contributed by atoms with E-state index in [-0.39, 0.29) is 64.0 Å².